The minimum atomic E-state index is -0.641. The molecule has 3 heterocycles. The second-order valence-electron chi connectivity index (χ2n) is 10.5. The molecule has 3 fully saturated rings. The zero-order valence-corrected chi connectivity index (χ0v) is 23.2. The average Bonchev–Trinajstić information content (AvgIpc) is 3.55. The van der Waals surface area contributed by atoms with Gasteiger partial charge >= 0.3 is 0 Å². The van der Waals surface area contributed by atoms with Gasteiger partial charge in [0.2, 0.25) is 5.88 Å². The van der Waals surface area contributed by atoms with Crippen molar-refractivity contribution in [1.82, 2.24) is 25.1 Å². The number of aromatic nitrogens is 2. The molecule has 2 saturated heterocycles. The lowest BCUT2D eigenvalue weighted by molar-refractivity contribution is 0.0982. The average molecular weight is 533 g/mol. The Morgan fingerprint density at radius 1 is 1.13 bits per heavy atom. The number of carbonyl (C=O) groups excluding carboxylic acids is 1. The topological polar surface area (TPSA) is 112 Å². The van der Waals surface area contributed by atoms with Gasteiger partial charge in [0.25, 0.3) is 5.91 Å². The molecule has 0 unspecified atom stereocenters. The number of rotatable bonds is 9. The summed E-state index contributed by atoms with van der Waals surface area (Å²) in [6.45, 7) is 12.7. The van der Waals surface area contributed by atoms with Crippen LogP contribution in [-0.4, -0.2) is 91.2 Å². The predicted molar refractivity (Wildman–Crippen MR) is 155 cm³/mol. The first kappa shape index (κ1) is 27.0. The Morgan fingerprint density at radius 3 is 2.44 bits per heavy atom. The molecule has 208 valence electrons. The van der Waals surface area contributed by atoms with Crippen LogP contribution in [-0.2, 0) is 6.42 Å². The number of carbonyl (C=O) groups is 1. The van der Waals surface area contributed by atoms with Gasteiger partial charge in [-0.25, -0.2) is 4.98 Å². The van der Waals surface area contributed by atoms with Crippen molar-refractivity contribution >= 4 is 23.1 Å². The van der Waals surface area contributed by atoms with Gasteiger partial charge in [0, 0.05) is 75.5 Å². The summed E-state index contributed by atoms with van der Waals surface area (Å²) in [6, 6.07) is 8.90. The fraction of sp³-hybridized carbons (Fsp3) is 0.483. The highest BCUT2D eigenvalue weighted by Crippen LogP contribution is 2.39. The van der Waals surface area contributed by atoms with Crippen LogP contribution in [0.4, 0.5) is 17.2 Å². The highest BCUT2D eigenvalue weighted by molar-refractivity contribution is 5.96. The molecule has 39 heavy (non-hydrogen) atoms. The van der Waals surface area contributed by atoms with Crippen molar-refractivity contribution in [3.8, 4) is 5.88 Å². The lowest BCUT2D eigenvalue weighted by Gasteiger charge is -2.42. The van der Waals surface area contributed by atoms with E-state index >= 15 is 0 Å². The van der Waals surface area contributed by atoms with E-state index in [1.807, 2.05) is 32.3 Å². The second-order valence-corrected chi connectivity index (χ2v) is 10.5. The van der Waals surface area contributed by atoms with Gasteiger partial charge in [0.15, 0.2) is 17.6 Å². The van der Waals surface area contributed by atoms with Crippen LogP contribution in [0.2, 0.25) is 0 Å². The SMILES string of the molecule is C=C1/C(=C\NC)[C@H]1Oc1nc(Nc2ccc(N3CCC(N4CCN(C)CC4)CC3)cc2)c(C(N)=O)nc1CC. The van der Waals surface area contributed by atoms with Gasteiger partial charge in [-0.3, -0.25) is 9.69 Å². The summed E-state index contributed by atoms with van der Waals surface area (Å²) >= 11 is 0. The van der Waals surface area contributed by atoms with Crippen LogP contribution < -0.4 is 26.0 Å². The van der Waals surface area contributed by atoms with E-state index in [1.54, 1.807) is 0 Å². The summed E-state index contributed by atoms with van der Waals surface area (Å²) in [6.07, 6.45) is 4.54. The molecule has 5 rings (SSSR count). The van der Waals surface area contributed by atoms with Crippen molar-refractivity contribution < 1.29 is 9.53 Å². The molecule has 0 bridgehead atoms. The monoisotopic (exact) mass is 532 g/mol. The zero-order chi connectivity index (χ0) is 27.5. The highest BCUT2D eigenvalue weighted by atomic mass is 16.5. The van der Waals surface area contributed by atoms with E-state index in [2.05, 4.69) is 61.1 Å². The molecule has 1 aromatic carbocycles. The van der Waals surface area contributed by atoms with Crippen LogP contribution in [0.3, 0.4) is 0 Å². The minimum absolute atomic E-state index is 0.0925. The largest absolute Gasteiger partial charge is 0.463 e. The van der Waals surface area contributed by atoms with Crippen molar-refractivity contribution in [2.75, 3.05) is 63.6 Å². The van der Waals surface area contributed by atoms with Gasteiger partial charge in [0.1, 0.15) is 5.69 Å². The van der Waals surface area contributed by atoms with Crippen molar-refractivity contribution in [3.63, 3.8) is 0 Å². The molecule has 1 amide bonds. The smallest absolute Gasteiger partial charge is 0.271 e. The molecule has 1 saturated carbocycles. The van der Waals surface area contributed by atoms with Gasteiger partial charge in [0.05, 0.1) is 0 Å². The Morgan fingerprint density at radius 2 is 1.82 bits per heavy atom. The van der Waals surface area contributed by atoms with Crippen LogP contribution in [0.5, 0.6) is 5.88 Å². The lowest BCUT2D eigenvalue weighted by atomic mass is 10.0. The molecular formula is C29H40N8O2. The summed E-state index contributed by atoms with van der Waals surface area (Å²) in [5, 5.41) is 6.24. The van der Waals surface area contributed by atoms with E-state index < -0.39 is 5.91 Å². The van der Waals surface area contributed by atoms with E-state index in [0.29, 0.717) is 24.0 Å². The Kier molecular flexibility index (Phi) is 8.04. The maximum absolute atomic E-state index is 12.2. The third-order valence-electron chi connectivity index (χ3n) is 7.93. The summed E-state index contributed by atoms with van der Waals surface area (Å²) in [7, 11) is 4.04. The first-order chi connectivity index (χ1) is 18.9. The van der Waals surface area contributed by atoms with Crippen LogP contribution >= 0.6 is 0 Å². The molecule has 10 heteroatoms. The number of anilines is 3. The zero-order valence-electron chi connectivity index (χ0n) is 23.2. The van der Waals surface area contributed by atoms with Crippen molar-refractivity contribution in [1.29, 1.82) is 0 Å². The number of nitrogens with one attached hydrogen (secondary N) is 2. The Labute approximate surface area is 230 Å². The number of primary amides is 1. The number of nitrogens with two attached hydrogens (primary N) is 1. The molecule has 4 N–H and O–H groups in total. The standard InChI is InChI=1S/C29H40N8O2/c1-5-24-29(39-26-19(2)23(26)18-31-3)34-28(25(33-24)27(30)38)32-20-6-8-21(9-7-20)36-12-10-22(11-13-36)37-16-14-35(4)15-17-37/h6-9,18,22,26,31H,2,5,10-17H2,1,3-4H3,(H2,30,38)(H,32,34)/b23-18+/t26-/m0/s1. The molecule has 1 aromatic heterocycles. The molecule has 3 aliphatic rings. The Hall–Kier alpha value is -3.63. The molecule has 2 aliphatic heterocycles. The van der Waals surface area contributed by atoms with Gasteiger partial charge in [-0.2, -0.15) is 4.98 Å². The number of hydrogen-bond acceptors (Lipinski definition) is 9. The minimum Gasteiger partial charge on any atom is -0.463 e. The number of hydrogen-bond donors (Lipinski definition) is 3. The van der Waals surface area contributed by atoms with Crippen molar-refractivity contribution in [2.45, 2.75) is 38.3 Å². The molecular weight excluding hydrogens is 492 g/mol. The number of likely N-dealkylation sites (N-methyl/N-ethyl adjacent to an activating group) is 1. The summed E-state index contributed by atoms with van der Waals surface area (Å²) < 4.78 is 6.11. The number of piperidine rings is 1. The third kappa shape index (κ3) is 6.02. The molecule has 10 nitrogen and oxygen atoms in total. The number of nitrogens with zero attached hydrogens (tertiary/aromatic N) is 5. The number of amides is 1. The number of benzene rings is 1. The van der Waals surface area contributed by atoms with Crippen LogP contribution in [0.25, 0.3) is 0 Å². The van der Waals surface area contributed by atoms with Crippen molar-refractivity contribution in [3.05, 3.63) is 59.6 Å². The fourth-order valence-electron chi connectivity index (χ4n) is 5.44. The number of piperazine rings is 1. The number of ether oxygens (including phenoxy) is 1. The Balaban J connectivity index is 1.26. The van der Waals surface area contributed by atoms with E-state index in [-0.39, 0.29) is 17.6 Å². The predicted octanol–water partition coefficient (Wildman–Crippen LogP) is 2.52. The first-order valence-corrected chi connectivity index (χ1v) is 13.9. The quantitative estimate of drug-likeness (QED) is 0.449. The summed E-state index contributed by atoms with van der Waals surface area (Å²) in [5.74, 6) is 0.00837. The number of aryl methyl sites for hydroxylation is 1. The fourth-order valence-corrected chi connectivity index (χ4v) is 5.44. The third-order valence-corrected chi connectivity index (χ3v) is 7.93. The molecule has 2 aromatic rings. The maximum atomic E-state index is 12.2. The lowest BCUT2D eigenvalue weighted by Crippen LogP contribution is -2.52. The van der Waals surface area contributed by atoms with Gasteiger partial charge in [-0.1, -0.05) is 13.5 Å². The van der Waals surface area contributed by atoms with Crippen LogP contribution in [0, 0.1) is 0 Å². The molecule has 0 radical (unpaired) electrons. The maximum Gasteiger partial charge on any atom is 0.271 e. The van der Waals surface area contributed by atoms with Gasteiger partial charge < -0.3 is 30.9 Å². The van der Waals surface area contributed by atoms with E-state index in [1.165, 1.54) is 31.6 Å². The van der Waals surface area contributed by atoms with Gasteiger partial charge in [-0.05, 0) is 56.1 Å². The van der Waals surface area contributed by atoms with E-state index in [4.69, 9.17) is 10.5 Å². The van der Waals surface area contributed by atoms with Crippen LogP contribution in [0.15, 0.2) is 48.2 Å². The van der Waals surface area contributed by atoms with Crippen LogP contribution in [0.1, 0.15) is 35.9 Å². The molecule has 0 spiro atoms. The summed E-state index contributed by atoms with van der Waals surface area (Å²) in [4.78, 5) is 28.9. The second kappa shape index (κ2) is 11.6. The molecule has 1 atom stereocenters. The van der Waals surface area contributed by atoms with Crippen molar-refractivity contribution in [2.24, 2.45) is 5.73 Å². The first-order valence-electron chi connectivity index (χ1n) is 13.9. The normalized spacial score (nSPS) is 21.7. The Bertz CT molecular complexity index is 1230. The van der Waals surface area contributed by atoms with Gasteiger partial charge in [-0.15, -0.1) is 0 Å². The van der Waals surface area contributed by atoms with E-state index in [9.17, 15) is 4.79 Å². The summed E-state index contributed by atoms with van der Waals surface area (Å²) in [5.41, 5.74) is 10.2. The van der Waals surface area contributed by atoms with E-state index in [0.717, 1.165) is 43.0 Å². The molecule has 1 aliphatic carbocycles. The highest BCUT2D eigenvalue weighted by Gasteiger charge is 2.39.